The van der Waals surface area contributed by atoms with Crippen LogP contribution in [-0.4, -0.2) is 21.5 Å². The van der Waals surface area contributed by atoms with E-state index < -0.39 is 5.38 Å². The zero-order chi connectivity index (χ0) is 12.3. The van der Waals surface area contributed by atoms with Crippen LogP contribution >= 0.6 is 22.9 Å². The molecule has 2 rings (SSSR count). The van der Waals surface area contributed by atoms with Crippen molar-refractivity contribution in [2.75, 3.05) is 5.32 Å². The number of hydrogen-bond acceptors (Lipinski definition) is 4. The number of aromatic nitrogens is 2. The average Bonchev–Trinajstić information content (AvgIpc) is 2.78. The van der Waals surface area contributed by atoms with Gasteiger partial charge in [0.1, 0.15) is 10.4 Å². The van der Waals surface area contributed by atoms with Crippen LogP contribution in [-0.2, 0) is 4.79 Å². The largest absolute Gasteiger partial charge is 0.299 e. The maximum absolute atomic E-state index is 11.4. The number of nitrogens with zero attached hydrogens (tertiary/aromatic N) is 2. The second-order valence-corrected chi connectivity index (χ2v) is 6.05. The smallest absolute Gasteiger partial charge is 0.243 e. The lowest BCUT2D eigenvalue weighted by atomic mass is 9.90. The molecule has 1 atom stereocenters. The lowest BCUT2D eigenvalue weighted by Gasteiger charge is -2.18. The monoisotopic (exact) mass is 273 g/mol. The zero-order valence-corrected chi connectivity index (χ0v) is 11.4. The molecule has 0 saturated heterocycles. The Kier molecular flexibility index (Phi) is 4.34. The number of halogens is 1. The van der Waals surface area contributed by atoms with E-state index in [1.807, 2.05) is 0 Å². The highest BCUT2D eigenvalue weighted by Crippen LogP contribution is 2.35. The van der Waals surface area contributed by atoms with Crippen molar-refractivity contribution in [3.63, 3.8) is 0 Å². The number of nitrogens with one attached hydrogen (secondary N) is 1. The van der Waals surface area contributed by atoms with E-state index >= 15 is 0 Å². The number of amides is 1. The molecule has 1 aromatic heterocycles. The molecule has 6 heteroatoms. The molecule has 0 bridgehead atoms. The van der Waals surface area contributed by atoms with Gasteiger partial charge in [0.05, 0.1) is 0 Å². The molecular formula is C11H16ClN3OS. The third kappa shape index (κ3) is 3.39. The fraction of sp³-hybridized carbons (Fsp3) is 0.727. The highest BCUT2D eigenvalue weighted by molar-refractivity contribution is 7.15. The van der Waals surface area contributed by atoms with Crippen LogP contribution in [0.1, 0.15) is 50.0 Å². The van der Waals surface area contributed by atoms with Crippen LogP contribution in [0.5, 0.6) is 0 Å². The summed E-state index contributed by atoms with van der Waals surface area (Å²) in [7, 11) is 0. The predicted octanol–water partition coefficient (Wildman–Crippen LogP) is 3.15. The molecule has 1 fully saturated rings. The van der Waals surface area contributed by atoms with Crippen LogP contribution in [0.3, 0.4) is 0 Å². The summed E-state index contributed by atoms with van der Waals surface area (Å²) in [4.78, 5) is 11.4. The SMILES string of the molecule is C[C@H](Cl)C(=O)Nc1nnc(C2CCCCC2)s1. The molecular weight excluding hydrogens is 258 g/mol. The summed E-state index contributed by atoms with van der Waals surface area (Å²) in [6, 6.07) is 0. The van der Waals surface area contributed by atoms with Gasteiger partial charge in [0.25, 0.3) is 0 Å². The highest BCUT2D eigenvalue weighted by Gasteiger charge is 2.20. The van der Waals surface area contributed by atoms with Gasteiger partial charge in [0, 0.05) is 5.92 Å². The number of hydrogen-bond donors (Lipinski definition) is 1. The lowest BCUT2D eigenvalue weighted by molar-refractivity contribution is -0.115. The van der Waals surface area contributed by atoms with Gasteiger partial charge in [-0.15, -0.1) is 21.8 Å². The number of carbonyl (C=O) groups excluding carboxylic acids is 1. The first-order valence-corrected chi connectivity index (χ1v) is 7.20. The maximum atomic E-state index is 11.4. The molecule has 0 radical (unpaired) electrons. The van der Waals surface area contributed by atoms with Crippen molar-refractivity contribution in [2.45, 2.75) is 50.3 Å². The molecule has 1 heterocycles. The first kappa shape index (κ1) is 12.8. The van der Waals surface area contributed by atoms with Crippen LogP contribution < -0.4 is 5.32 Å². The molecule has 94 valence electrons. The Bertz CT molecular complexity index is 388. The van der Waals surface area contributed by atoms with E-state index in [1.54, 1.807) is 6.92 Å². The second-order valence-electron chi connectivity index (χ2n) is 4.39. The van der Waals surface area contributed by atoms with Crippen molar-refractivity contribution < 1.29 is 4.79 Å². The molecule has 1 amide bonds. The number of anilines is 1. The molecule has 0 unspecified atom stereocenters. The van der Waals surface area contributed by atoms with Gasteiger partial charge in [0.15, 0.2) is 0 Å². The molecule has 4 nitrogen and oxygen atoms in total. The van der Waals surface area contributed by atoms with Gasteiger partial charge in [-0.1, -0.05) is 30.6 Å². The summed E-state index contributed by atoms with van der Waals surface area (Å²) in [6.07, 6.45) is 6.24. The summed E-state index contributed by atoms with van der Waals surface area (Å²) in [5.41, 5.74) is 0. The summed E-state index contributed by atoms with van der Waals surface area (Å²) in [5, 5.41) is 11.9. The highest BCUT2D eigenvalue weighted by atomic mass is 35.5. The summed E-state index contributed by atoms with van der Waals surface area (Å²) >= 11 is 7.15. The molecule has 1 saturated carbocycles. The number of rotatable bonds is 3. The molecule has 1 N–H and O–H groups in total. The van der Waals surface area contributed by atoms with E-state index in [0.717, 1.165) is 5.01 Å². The third-order valence-electron chi connectivity index (χ3n) is 2.99. The lowest BCUT2D eigenvalue weighted by Crippen LogP contribution is -2.20. The van der Waals surface area contributed by atoms with Gasteiger partial charge in [-0.05, 0) is 19.8 Å². The maximum Gasteiger partial charge on any atom is 0.243 e. The fourth-order valence-corrected chi connectivity index (χ4v) is 2.97. The number of carbonyl (C=O) groups is 1. The summed E-state index contributed by atoms with van der Waals surface area (Å²) < 4.78 is 0. The molecule has 1 aliphatic rings. The van der Waals surface area contributed by atoms with Crippen molar-refractivity contribution >= 4 is 34.0 Å². The number of alkyl halides is 1. The standard InChI is InChI=1S/C11H16ClN3OS/c1-7(12)9(16)13-11-15-14-10(17-11)8-5-3-2-4-6-8/h7-8H,2-6H2,1H3,(H,13,15,16)/t7-/m0/s1. The summed E-state index contributed by atoms with van der Waals surface area (Å²) in [6.45, 7) is 1.64. The molecule has 0 aliphatic heterocycles. The van der Waals surface area contributed by atoms with Crippen LogP contribution in [0.2, 0.25) is 0 Å². The Labute approximate surface area is 110 Å². The van der Waals surface area contributed by atoms with E-state index in [-0.39, 0.29) is 5.91 Å². The molecule has 1 aliphatic carbocycles. The normalized spacial score (nSPS) is 18.9. The first-order valence-electron chi connectivity index (χ1n) is 5.95. The predicted molar refractivity (Wildman–Crippen MR) is 69.7 cm³/mol. The minimum atomic E-state index is -0.544. The van der Waals surface area contributed by atoms with Gasteiger partial charge >= 0.3 is 0 Å². The van der Waals surface area contributed by atoms with Crippen LogP contribution in [0.4, 0.5) is 5.13 Å². The minimum absolute atomic E-state index is 0.224. The van der Waals surface area contributed by atoms with Crippen LogP contribution in [0.25, 0.3) is 0 Å². The van der Waals surface area contributed by atoms with Gasteiger partial charge in [-0.3, -0.25) is 10.1 Å². The van der Waals surface area contributed by atoms with Crippen molar-refractivity contribution in [1.82, 2.24) is 10.2 Å². The quantitative estimate of drug-likeness (QED) is 0.861. The average molecular weight is 274 g/mol. The minimum Gasteiger partial charge on any atom is -0.299 e. The summed E-state index contributed by atoms with van der Waals surface area (Å²) in [5.74, 6) is 0.304. The Morgan fingerprint density at radius 1 is 1.41 bits per heavy atom. The molecule has 0 aromatic carbocycles. The van der Waals surface area contributed by atoms with E-state index in [1.165, 1.54) is 43.4 Å². The van der Waals surface area contributed by atoms with E-state index in [4.69, 9.17) is 11.6 Å². The Hall–Kier alpha value is -0.680. The van der Waals surface area contributed by atoms with E-state index in [0.29, 0.717) is 11.0 Å². The van der Waals surface area contributed by atoms with Crippen LogP contribution in [0.15, 0.2) is 0 Å². The molecule has 1 aromatic rings. The molecule has 17 heavy (non-hydrogen) atoms. The molecule has 0 spiro atoms. The topological polar surface area (TPSA) is 54.9 Å². The van der Waals surface area contributed by atoms with Crippen molar-refractivity contribution in [1.29, 1.82) is 0 Å². The van der Waals surface area contributed by atoms with Crippen molar-refractivity contribution in [3.05, 3.63) is 5.01 Å². The van der Waals surface area contributed by atoms with E-state index in [2.05, 4.69) is 15.5 Å². The van der Waals surface area contributed by atoms with Crippen LogP contribution in [0, 0.1) is 0 Å². The van der Waals surface area contributed by atoms with Gasteiger partial charge < -0.3 is 0 Å². The fourth-order valence-electron chi connectivity index (χ4n) is 2.00. The van der Waals surface area contributed by atoms with Crippen molar-refractivity contribution in [2.24, 2.45) is 0 Å². The van der Waals surface area contributed by atoms with Gasteiger partial charge in [-0.25, -0.2) is 0 Å². The third-order valence-corrected chi connectivity index (χ3v) is 4.19. The Morgan fingerprint density at radius 3 is 2.76 bits per heavy atom. The Balaban J connectivity index is 1.97. The van der Waals surface area contributed by atoms with Gasteiger partial charge in [-0.2, -0.15) is 0 Å². The second kappa shape index (κ2) is 5.78. The van der Waals surface area contributed by atoms with E-state index in [9.17, 15) is 4.79 Å². The Morgan fingerprint density at radius 2 is 2.12 bits per heavy atom. The first-order chi connectivity index (χ1) is 8.16. The van der Waals surface area contributed by atoms with Crippen molar-refractivity contribution in [3.8, 4) is 0 Å². The van der Waals surface area contributed by atoms with Gasteiger partial charge in [0.2, 0.25) is 11.0 Å². The zero-order valence-electron chi connectivity index (χ0n) is 9.78.